The molecule has 0 aromatic heterocycles. The first kappa shape index (κ1) is 33.6. The predicted octanol–water partition coefficient (Wildman–Crippen LogP) is 2.04. The van der Waals surface area contributed by atoms with E-state index in [1.165, 1.54) is 24.3 Å². The van der Waals surface area contributed by atoms with Gasteiger partial charge in [-0.15, -0.1) is 0 Å². The molecular weight excluding hydrogens is 564 g/mol. The maximum Gasteiger partial charge on any atom is 0.326 e. The van der Waals surface area contributed by atoms with Gasteiger partial charge in [-0.25, -0.2) is 4.79 Å². The van der Waals surface area contributed by atoms with Crippen LogP contribution in [0.5, 0.6) is 11.5 Å². The molecule has 3 aromatic carbocycles. The number of carbonyl (C=O) groups excluding carboxylic acids is 3. The van der Waals surface area contributed by atoms with Crippen LogP contribution in [-0.2, 0) is 38.4 Å². The Morgan fingerprint density at radius 1 is 0.614 bits per heavy atom. The number of amides is 3. The second-order valence-corrected chi connectivity index (χ2v) is 11.2. The number of nitrogens with one attached hydrogen (secondary N) is 3. The van der Waals surface area contributed by atoms with Gasteiger partial charge in [0.05, 0.1) is 6.04 Å². The van der Waals surface area contributed by atoms with E-state index in [0.29, 0.717) is 23.1 Å². The van der Waals surface area contributed by atoms with Crippen LogP contribution in [0.2, 0.25) is 0 Å². The lowest BCUT2D eigenvalue weighted by molar-refractivity contribution is -0.142. The zero-order valence-electron chi connectivity index (χ0n) is 24.8. The van der Waals surface area contributed by atoms with Crippen molar-refractivity contribution in [2.45, 2.75) is 63.7 Å². The Morgan fingerprint density at radius 3 is 1.43 bits per heavy atom. The summed E-state index contributed by atoms with van der Waals surface area (Å²) in [6, 6.07) is 16.5. The first-order chi connectivity index (χ1) is 20.9. The molecule has 0 saturated heterocycles. The van der Waals surface area contributed by atoms with Gasteiger partial charge < -0.3 is 37.0 Å². The van der Waals surface area contributed by atoms with Crippen molar-refractivity contribution in [3.05, 3.63) is 95.6 Å². The molecule has 3 amide bonds. The summed E-state index contributed by atoms with van der Waals surface area (Å²) < 4.78 is 0. The molecule has 11 heteroatoms. The summed E-state index contributed by atoms with van der Waals surface area (Å²) in [4.78, 5) is 52.3. The van der Waals surface area contributed by atoms with E-state index in [9.17, 15) is 34.5 Å². The number of benzene rings is 3. The van der Waals surface area contributed by atoms with Gasteiger partial charge in [-0.1, -0.05) is 68.4 Å². The standard InChI is InChI=1S/C33H40N4O7/c1-20(2)16-26(34)30(40)35-27(17-22-8-12-24(38)13-9-22)31(41)36-28(18-23-10-14-25(39)15-11-23)32(42)37-29(33(43)44)19-21-6-4-3-5-7-21/h3-15,20,26-29,38-39H,16-19,34H2,1-2H3,(H,35,40)(H,36,41)(H,37,42)(H,43,44)/t26-,27-,28-,29-/m0/s1. The molecule has 0 heterocycles. The van der Waals surface area contributed by atoms with Gasteiger partial charge in [0.1, 0.15) is 29.6 Å². The smallest absolute Gasteiger partial charge is 0.326 e. The van der Waals surface area contributed by atoms with Gasteiger partial charge in [0.25, 0.3) is 0 Å². The quantitative estimate of drug-likeness (QED) is 0.137. The lowest BCUT2D eigenvalue weighted by Gasteiger charge is -2.26. The van der Waals surface area contributed by atoms with Crippen molar-refractivity contribution in [3.63, 3.8) is 0 Å². The van der Waals surface area contributed by atoms with E-state index in [0.717, 1.165) is 0 Å². The summed E-state index contributed by atoms with van der Waals surface area (Å²) >= 11 is 0. The number of carboxylic acids is 1. The fourth-order valence-corrected chi connectivity index (χ4v) is 4.64. The summed E-state index contributed by atoms with van der Waals surface area (Å²) in [6.45, 7) is 3.84. The van der Waals surface area contributed by atoms with Crippen LogP contribution in [0.3, 0.4) is 0 Å². The lowest BCUT2D eigenvalue weighted by atomic mass is 10.00. The van der Waals surface area contributed by atoms with Crippen LogP contribution in [-0.4, -0.2) is 63.2 Å². The number of phenols is 2. The highest BCUT2D eigenvalue weighted by molar-refractivity contribution is 5.94. The van der Waals surface area contributed by atoms with Gasteiger partial charge in [0.15, 0.2) is 0 Å². The van der Waals surface area contributed by atoms with Crippen molar-refractivity contribution < 1.29 is 34.5 Å². The fourth-order valence-electron chi connectivity index (χ4n) is 4.64. The minimum Gasteiger partial charge on any atom is -0.508 e. The molecular formula is C33H40N4O7. The van der Waals surface area contributed by atoms with E-state index < -0.39 is 47.9 Å². The average Bonchev–Trinajstić information content (AvgIpc) is 2.98. The van der Waals surface area contributed by atoms with Gasteiger partial charge in [-0.2, -0.15) is 0 Å². The molecule has 0 spiro atoms. The summed E-state index contributed by atoms with van der Waals surface area (Å²) in [5, 5.41) is 37.1. The van der Waals surface area contributed by atoms with Crippen LogP contribution in [0.15, 0.2) is 78.9 Å². The van der Waals surface area contributed by atoms with Crippen LogP contribution in [0.4, 0.5) is 0 Å². The zero-order chi connectivity index (χ0) is 32.2. The number of carboxylic acid groups (broad SMARTS) is 1. The van der Waals surface area contributed by atoms with Gasteiger partial charge in [-0.3, -0.25) is 14.4 Å². The van der Waals surface area contributed by atoms with Crippen molar-refractivity contribution >= 4 is 23.7 Å². The van der Waals surface area contributed by atoms with Crippen LogP contribution in [0, 0.1) is 5.92 Å². The molecule has 8 N–H and O–H groups in total. The summed E-state index contributed by atoms with van der Waals surface area (Å²) in [5.41, 5.74) is 8.00. The SMILES string of the molecule is CC(C)C[C@H](N)C(=O)N[C@@H](Cc1ccc(O)cc1)C(=O)N[C@@H](Cc1ccc(O)cc1)C(=O)N[C@@H](Cc1ccccc1)C(=O)O. The number of nitrogens with two attached hydrogens (primary N) is 1. The van der Waals surface area contributed by atoms with Crippen molar-refractivity contribution in [1.29, 1.82) is 0 Å². The summed E-state index contributed by atoms with van der Waals surface area (Å²) in [5.74, 6) is -3.01. The van der Waals surface area contributed by atoms with Crippen LogP contribution < -0.4 is 21.7 Å². The van der Waals surface area contributed by atoms with Crippen LogP contribution in [0.25, 0.3) is 0 Å². The number of aromatic hydroxyl groups is 2. The van der Waals surface area contributed by atoms with Gasteiger partial charge in [-0.05, 0) is 53.3 Å². The maximum atomic E-state index is 13.7. The van der Waals surface area contributed by atoms with Gasteiger partial charge in [0.2, 0.25) is 17.7 Å². The second-order valence-electron chi connectivity index (χ2n) is 11.2. The van der Waals surface area contributed by atoms with Crippen molar-refractivity contribution in [2.75, 3.05) is 0 Å². The van der Waals surface area contributed by atoms with E-state index in [2.05, 4.69) is 16.0 Å². The lowest BCUT2D eigenvalue weighted by Crippen LogP contribution is -2.58. The first-order valence-electron chi connectivity index (χ1n) is 14.4. The van der Waals surface area contributed by atoms with E-state index in [4.69, 9.17) is 5.73 Å². The molecule has 4 atom stereocenters. The predicted molar refractivity (Wildman–Crippen MR) is 165 cm³/mol. The minimum absolute atomic E-state index is 0.0157. The van der Waals surface area contributed by atoms with Crippen LogP contribution >= 0.6 is 0 Å². The van der Waals surface area contributed by atoms with E-state index >= 15 is 0 Å². The minimum atomic E-state index is -1.27. The number of hydrogen-bond acceptors (Lipinski definition) is 7. The molecule has 3 rings (SSSR count). The molecule has 3 aromatic rings. The Hall–Kier alpha value is -4.90. The molecule has 0 aliphatic carbocycles. The van der Waals surface area contributed by atoms with E-state index in [1.54, 1.807) is 54.6 Å². The Bertz CT molecular complexity index is 1400. The topological polar surface area (TPSA) is 191 Å². The largest absolute Gasteiger partial charge is 0.508 e. The number of phenolic OH excluding ortho intramolecular Hbond substituents is 2. The highest BCUT2D eigenvalue weighted by Crippen LogP contribution is 2.15. The van der Waals surface area contributed by atoms with E-state index in [1.807, 2.05) is 13.8 Å². The molecule has 0 aliphatic heterocycles. The van der Waals surface area contributed by atoms with Gasteiger partial charge in [0, 0.05) is 19.3 Å². The number of hydrogen-bond donors (Lipinski definition) is 7. The molecule has 0 saturated carbocycles. The van der Waals surface area contributed by atoms with Crippen molar-refractivity contribution in [1.82, 2.24) is 16.0 Å². The summed E-state index contributed by atoms with van der Waals surface area (Å²) in [6.07, 6.45) is 0.423. The van der Waals surface area contributed by atoms with Crippen molar-refractivity contribution in [3.8, 4) is 11.5 Å². The van der Waals surface area contributed by atoms with Crippen molar-refractivity contribution in [2.24, 2.45) is 11.7 Å². The normalized spacial score (nSPS) is 13.7. The monoisotopic (exact) mass is 604 g/mol. The molecule has 0 fully saturated rings. The average molecular weight is 605 g/mol. The maximum absolute atomic E-state index is 13.7. The van der Waals surface area contributed by atoms with E-state index in [-0.39, 0.29) is 36.7 Å². The molecule has 0 bridgehead atoms. The Labute approximate surface area is 256 Å². The molecule has 234 valence electrons. The Kier molecular flexibility index (Phi) is 12.3. The first-order valence-corrected chi connectivity index (χ1v) is 14.4. The highest BCUT2D eigenvalue weighted by Gasteiger charge is 2.31. The molecule has 0 aliphatic rings. The highest BCUT2D eigenvalue weighted by atomic mass is 16.4. The fraction of sp³-hybridized carbons (Fsp3) is 0.333. The Balaban J connectivity index is 1.86. The zero-order valence-corrected chi connectivity index (χ0v) is 24.8. The number of aliphatic carboxylic acids is 1. The number of rotatable bonds is 15. The second kappa shape index (κ2) is 16.1. The third kappa shape index (κ3) is 10.7. The molecule has 11 nitrogen and oxygen atoms in total. The number of carbonyl (C=O) groups is 4. The molecule has 44 heavy (non-hydrogen) atoms. The van der Waals surface area contributed by atoms with Gasteiger partial charge >= 0.3 is 5.97 Å². The third-order valence-corrected chi connectivity index (χ3v) is 6.98. The molecule has 0 radical (unpaired) electrons. The van der Waals surface area contributed by atoms with Crippen LogP contribution in [0.1, 0.15) is 37.0 Å². The Morgan fingerprint density at radius 2 is 1.00 bits per heavy atom. The molecule has 0 unspecified atom stereocenters. The third-order valence-electron chi connectivity index (χ3n) is 6.98. The summed E-state index contributed by atoms with van der Waals surface area (Å²) in [7, 11) is 0.